The van der Waals surface area contributed by atoms with Crippen molar-refractivity contribution in [2.45, 2.75) is 68.1 Å². The second-order valence-corrected chi connectivity index (χ2v) is 16.7. The fraction of sp³-hybridized carbons (Fsp3) is 0.559. The maximum Gasteiger partial charge on any atom is 0.417 e. The zero-order chi connectivity index (χ0) is 36.6. The topological polar surface area (TPSA) is 144 Å². The highest BCUT2D eigenvalue weighted by Crippen LogP contribution is 2.40. The number of piperazine rings is 1. The number of benzene rings is 1. The molecule has 278 valence electrons. The number of β-amino-alcohol motifs (C(OH)–C–C–N with tert-alkyl or cyclic N) is 1. The largest absolute Gasteiger partial charge is 0.417 e. The van der Waals surface area contributed by atoms with E-state index in [0.717, 1.165) is 29.8 Å². The first-order valence-corrected chi connectivity index (χ1v) is 19.9. The van der Waals surface area contributed by atoms with Gasteiger partial charge in [-0.3, -0.25) is 19.4 Å². The number of alkyl halides is 3. The number of sulfonamides is 1. The van der Waals surface area contributed by atoms with E-state index in [1.807, 2.05) is 17.0 Å². The van der Waals surface area contributed by atoms with Gasteiger partial charge < -0.3 is 20.4 Å². The van der Waals surface area contributed by atoms with E-state index < -0.39 is 33.5 Å². The number of hydrogen-bond acceptors (Lipinski definition) is 10. The molecule has 2 atom stereocenters. The van der Waals surface area contributed by atoms with Crippen LogP contribution in [0.5, 0.6) is 0 Å². The molecular weight excluding hydrogens is 708 g/mol. The quantitative estimate of drug-likeness (QED) is 0.250. The lowest BCUT2D eigenvalue weighted by atomic mass is 9.87. The third-order valence-corrected chi connectivity index (χ3v) is 12.4. The average Bonchev–Trinajstić information content (AvgIpc) is 3.44. The molecule has 3 aromatic rings. The van der Waals surface area contributed by atoms with Crippen LogP contribution < -0.4 is 5.32 Å². The van der Waals surface area contributed by atoms with Gasteiger partial charge in [0, 0.05) is 92.4 Å². The summed E-state index contributed by atoms with van der Waals surface area (Å²) in [6, 6.07) is 8.93. The summed E-state index contributed by atoms with van der Waals surface area (Å²) in [5.41, 5.74) is 0.936. The number of nitrogens with one attached hydrogen (secondary N) is 1. The van der Waals surface area contributed by atoms with Crippen LogP contribution in [-0.4, -0.2) is 123 Å². The number of halogens is 3. The molecule has 0 saturated carbocycles. The van der Waals surface area contributed by atoms with Gasteiger partial charge in [-0.2, -0.15) is 22.6 Å². The molecule has 0 aliphatic carbocycles. The molecule has 6 rings (SSSR count). The standard InChI is InChI=1S/C34H44F3N7O5S2/c1-23-32(46)39-12-16-42(23)17-18-50-29-19-24(6-7-27(29)34(35,36)37)31-26-22-43(51(2,48)49)13-8-28(26)44(40-31)21-25(45)20-41-14-9-33(47,10-15-41)30-5-3-4-11-38-30/h3-7,11,19,23,25,45,47H,8-10,12-18,20-22H2,1-2H3,(H,39,46). The summed E-state index contributed by atoms with van der Waals surface area (Å²) >= 11 is 1.06. The number of amides is 1. The summed E-state index contributed by atoms with van der Waals surface area (Å²) in [6.07, 6.45) is -1.43. The van der Waals surface area contributed by atoms with Gasteiger partial charge in [0.05, 0.1) is 41.9 Å². The fourth-order valence-corrected chi connectivity index (χ4v) is 9.00. The van der Waals surface area contributed by atoms with Gasteiger partial charge in [-0.25, -0.2) is 8.42 Å². The second-order valence-electron chi connectivity index (χ2n) is 13.6. The van der Waals surface area contributed by atoms with Crippen LogP contribution >= 0.6 is 11.8 Å². The lowest BCUT2D eigenvalue weighted by Gasteiger charge is -2.38. The molecule has 2 aromatic heterocycles. The maximum atomic E-state index is 14.2. The minimum absolute atomic E-state index is 0.0102. The lowest BCUT2D eigenvalue weighted by Crippen LogP contribution is -2.54. The van der Waals surface area contributed by atoms with Crippen molar-refractivity contribution in [2.24, 2.45) is 0 Å². The van der Waals surface area contributed by atoms with Crippen molar-refractivity contribution in [3.05, 3.63) is 65.1 Å². The van der Waals surface area contributed by atoms with Gasteiger partial charge in [0.1, 0.15) is 5.60 Å². The van der Waals surface area contributed by atoms with Crippen LogP contribution in [0.3, 0.4) is 0 Å². The first kappa shape index (κ1) is 37.7. The number of aromatic nitrogens is 3. The van der Waals surface area contributed by atoms with E-state index in [9.17, 15) is 36.6 Å². The molecule has 12 nitrogen and oxygen atoms in total. The van der Waals surface area contributed by atoms with Gasteiger partial charge in [0.25, 0.3) is 0 Å². The van der Waals surface area contributed by atoms with Crippen molar-refractivity contribution in [3.63, 3.8) is 0 Å². The molecule has 0 radical (unpaired) electrons. The number of carbonyl (C=O) groups excluding carboxylic acids is 1. The third kappa shape index (κ3) is 8.61. The molecule has 0 spiro atoms. The van der Waals surface area contributed by atoms with E-state index in [2.05, 4.69) is 15.2 Å². The first-order valence-electron chi connectivity index (χ1n) is 17.1. The monoisotopic (exact) mass is 751 g/mol. The van der Waals surface area contributed by atoms with Gasteiger partial charge >= 0.3 is 6.18 Å². The SMILES string of the molecule is CC1C(=O)NCCN1CCSc1cc(-c2nn(CC(O)CN3CCC(O)(c4ccccn4)CC3)c3c2CN(S(C)(=O)=O)CC3)ccc1C(F)(F)F. The molecule has 2 fully saturated rings. The Kier molecular flexibility index (Phi) is 11.2. The molecule has 17 heteroatoms. The highest BCUT2D eigenvalue weighted by atomic mass is 32.2. The number of thioether (sulfide) groups is 1. The smallest absolute Gasteiger partial charge is 0.390 e. The molecule has 51 heavy (non-hydrogen) atoms. The molecule has 3 N–H and O–H groups in total. The highest BCUT2D eigenvalue weighted by molar-refractivity contribution is 7.99. The summed E-state index contributed by atoms with van der Waals surface area (Å²) in [5, 5.41) is 30.0. The van der Waals surface area contributed by atoms with Crippen LogP contribution in [0, 0.1) is 0 Å². The van der Waals surface area contributed by atoms with Crippen molar-refractivity contribution < 1.29 is 36.6 Å². The van der Waals surface area contributed by atoms with Crippen LogP contribution in [0.15, 0.2) is 47.5 Å². The molecule has 2 saturated heterocycles. The summed E-state index contributed by atoms with van der Waals surface area (Å²) in [6.45, 7) is 5.02. The summed E-state index contributed by atoms with van der Waals surface area (Å²) < 4.78 is 70.7. The van der Waals surface area contributed by atoms with Crippen LogP contribution in [0.25, 0.3) is 11.3 Å². The Balaban J connectivity index is 1.22. The van der Waals surface area contributed by atoms with Crippen LogP contribution in [0.1, 0.15) is 42.3 Å². The number of likely N-dealkylation sites (tertiary alicyclic amines) is 1. The fourth-order valence-electron chi connectivity index (χ4n) is 7.12. The number of carbonyl (C=O) groups is 1. The summed E-state index contributed by atoms with van der Waals surface area (Å²) in [4.78, 5) is 20.4. The number of nitrogens with zero attached hydrogens (tertiary/aromatic N) is 6. The van der Waals surface area contributed by atoms with E-state index in [0.29, 0.717) is 86.8 Å². The normalized spacial score (nSPS) is 21.3. The maximum absolute atomic E-state index is 14.2. The number of fused-ring (bicyclic) bond motifs is 1. The minimum atomic E-state index is -4.60. The highest BCUT2D eigenvalue weighted by Gasteiger charge is 2.37. The Morgan fingerprint density at radius 1 is 1.12 bits per heavy atom. The van der Waals surface area contributed by atoms with Crippen molar-refractivity contribution >= 4 is 27.7 Å². The predicted octanol–water partition coefficient (Wildman–Crippen LogP) is 2.54. The molecule has 5 heterocycles. The van der Waals surface area contributed by atoms with E-state index in [1.54, 1.807) is 23.9 Å². The van der Waals surface area contributed by atoms with Gasteiger partial charge in [0.15, 0.2) is 0 Å². The van der Waals surface area contributed by atoms with Gasteiger partial charge in [-0.15, -0.1) is 11.8 Å². The third-order valence-electron chi connectivity index (χ3n) is 10.1. The van der Waals surface area contributed by atoms with Crippen LogP contribution in [0.4, 0.5) is 13.2 Å². The molecular formula is C34H44F3N7O5S2. The van der Waals surface area contributed by atoms with Crippen molar-refractivity contribution in [1.82, 2.24) is 34.2 Å². The van der Waals surface area contributed by atoms with Crippen molar-refractivity contribution in [2.75, 3.05) is 57.8 Å². The number of piperidine rings is 1. The predicted molar refractivity (Wildman–Crippen MR) is 186 cm³/mol. The zero-order valence-corrected chi connectivity index (χ0v) is 30.3. The molecule has 2 unspecified atom stereocenters. The Hall–Kier alpha value is -3.06. The molecule has 1 amide bonds. The minimum Gasteiger partial charge on any atom is -0.390 e. The van der Waals surface area contributed by atoms with E-state index >= 15 is 0 Å². The van der Waals surface area contributed by atoms with Crippen molar-refractivity contribution in [3.8, 4) is 11.3 Å². The Morgan fingerprint density at radius 3 is 2.57 bits per heavy atom. The molecule has 0 bridgehead atoms. The Bertz CT molecular complexity index is 1820. The summed E-state index contributed by atoms with van der Waals surface area (Å²) in [7, 11) is -3.57. The van der Waals surface area contributed by atoms with E-state index in [-0.39, 0.29) is 36.5 Å². The molecule has 3 aliphatic heterocycles. The number of hydrogen-bond donors (Lipinski definition) is 3. The average molecular weight is 752 g/mol. The van der Waals surface area contributed by atoms with Gasteiger partial charge in [-0.05, 0) is 44.0 Å². The Labute approximate surface area is 300 Å². The second kappa shape index (κ2) is 15.1. The lowest BCUT2D eigenvalue weighted by molar-refractivity contribution is -0.139. The van der Waals surface area contributed by atoms with Crippen molar-refractivity contribution in [1.29, 1.82) is 0 Å². The first-order chi connectivity index (χ1) is 24.1. The van der Waals surface area contributed by atoms with E-state index in [1.165, 1.54) is 16.4 Å². The number of aliphatic hydroxyl groups excluding tert-OH is 1. The van der Waals surface area contributed by atoms with Crippen LogP contribution in [-0.2, 0) is 46.1 Å². The van der Waals surface area contributed by atoms with Gasteiger partial charge in [0.2, 0.25) is 15.9 Å². The number of pyridine rings is 1. The van der Waals surface area contributed by atoms with E-state index in [4.69, 9.17) is 5.10 Å². The summed E-state index contributed by atoms with van der Waals surface area (Å²) in [5.74, 6) is 0.210. The number of rotatable bonds is 11. The van der Waals surface area contributed by atoms with Gasteiger partial charge in [-0.1, -0.05) is 12.1 Å². The zero-order valence-electron chi connectivity index (χ0n) is 28.6. The molecule has 1 aromatic carbocycles. The van der Waals surface area contributed by atoms with Crippen LogP contribution in [0.2, 0.25) is 0 Å². The number of aliphatic hydroxyl groups is 2. The Morgan fingerprint density at radius 2 is 1.88 bits per heavy atom. The molecule has 3 aliphatic rings.